The molecule has 1 fully saturated rings. The average molecular weight is 411 g/mol. The van der Waals surface area contributed by atoms with E-state index in [2.05, 4.69) is 5.32 Å². The minimum Gasteiger partial charge on any atom is -0.481 e. The molecule has 1 aliphatic heterocycles. The van der Waals surface area contributed by atoms with Crippen LogP contribution in [0.2, 0.25) is 0 Å². The van der Waals surface area contributed by atoms with Crippen molar-refractivity contribution in [1.82, 2.24) is 10.2 Å². The summed E-state index contributed by atoms with van der Waals surface area (Å²) in [5.41, 5.74) is 0. The highest BCUT2D eigenvalue weighted by atomic mass is 32.2. The van der Waals surface area contributed by atoms with Gasteiger partial charge in [-0.15, -0.1) is 0 Å². The molecule has 2 heterocycles. The molecule has 1 aromatic heterocycles. The minimum atomic E-state index is -0.797. The second-order valence-corrected chi connectivity index (χ2v) is 7.68. The van der Waals surface area contributed by atoms with Gasteiger partial charge in [0, 0.05) is 32.0 Å². The third kappa shape index (κ3) is 7.18. The van der Waals surface area contributed by atoms with Crippen molar-refractivity contribution in [2.75, 3.05) is 13.1 Å². The van der Waals surface area contributed by atoms with Gasteiger partial charge in [0.1, 0.15) is 10.1 Å². The van der Waals surface area contributed by atoms with Crippen LogP contribution in [0.4, 0.5) is 0 Å². The topological polar surface area (TPSA) is 99.9 Å². The molecule has 0 bridgehead atoms. The van der Waals surface area contributed by atoms with E-state index in [1.165, 1.54) is 22.9 Å². The van der Waals surface area contributed by atoms with E-state index in [-0.39, 0.29) is 18.2 Å². The highest BCUT2D eigenvalue weighted by Gasteiger charge is 2.31. The summed E-state index contributed by atoms with van der Waals surface area (Å²) in [6.07, 6.45) is 6.33. The number of furan rings is 1. The zero-order chi connectivity index (χ0) is 19.6. The number of nitrogens with one attached hydrogen (secondary N) is 1. The first-order chi connectivity index (χ1) is 13.0. The number of unbranched alkanes of at least 4 members (excludes halogenated alkanes) is 2. The molecule has 1 saturated heterocycles. The first kappa shape index (κ1) is 21.2. The lowest BCUT2D eigenvalue weighted by Gasteiger charge is -2.14. The molecule has 0 aromatic carbocycles. The van der Waals surface area contributed by atoms with E-state index in [9.17, 15) is 14.4 Å². The van der Waals surface area contributed by atoms with Crippen molar-refractivity contribution < 1.29 is 23.9 Å². The van der Waals surface area contributed by atoms with E-state index >= 15 is 0 Å². The molecule has 0 aliphatic carbocycles. The number of thiocarbonyl (C=S) groups is 1. The van der Waals surface area contributed by atoms with E-state index in [4.69, 9.17) is 21.7 Å². The number of thioether (sulfide) groups is 1. The predicted molar refractivity (Wildman–Crippen MR) is 107 cm³/mol. The monoisotopic (exact) mass is 410 g/mol. The molecular formula is C18H22N2O5S2. The number of carbonyl (C=O) groups excluding carboxylic acids is 2. The number of aliphatic carboxylic acids is 1. The normalized spacial score (nSPS) is 15.6. The number of carboxylic acid groups (broad SMARTS) is 1. The van der Waals surface area contributed by atoms with Crippen molar-refractivity contribution in [2.45, 2.75) is 38.5 Å². The number of carboxylic acids is 1. The van der Waals surface area contributed by atoms with Gasteiger partial charge in [0.15, 0.2) is 0 Å². The minimum absolute atomic E-state index is 0.0789. The standard InChI is InChI=1S/C18H22N2O5S2/c21-15(19-9-3-1-2-8-16(22)23)7-4-10-20-17(24)14(27-18(20)26)12-13-6-5-11-25-13/h5-6,11-12H,1-4,7-10H2,(H,19,21)(H,22,23)/b14-12-. The molecule has 2 N–H and O–H groups in total. The Morgan fingerprint density at radius 3 is 2.78 bits per heavy atom. The van der Waals surface area contributed by atoms with Crippen LogP contribution in [0.5, 0.6) is 0 Å². The quantitative estimate of drug-likeness (QED) is 0.329. The number of nitrogens with zero attached hydrogens (tertiary/aromatic N) is 1. The lowest BCUT2D eigenvalue weighted by Crippen LogP contribution is -2.30. The van der Waals surface area contributed by atoms with E-state index in [0.717, 1.165) is 12.8 Å². The van der Waals surface area contributed by atoms with Gasteiger partial charge in [-0.25, -0.2) is 0 Å². The average Bonchev–Trinajstić information content (AvgIpc) is 3.21. The van der Waals surface area contributed by atoms with Crippen molar-refractivity contribution in [2.24, 2.45) is 0 Å². The predicted octanol–water partition coefficient (Wildman–Crippen LogP) is 3.02. The fraction of sp³-hybridized carbons (Fsp3) is 0.444. The summed E-state index contributed by atoms with van der Waals surface area (Å²) in [7, 11) is 0. The van der Waals surface area contributed by atoms with Gasteiger partial charge in [-0.1, -0.05) is 30.4 Å². The highest BCUT2D eigenvalue weighted by Crippen LogP contribution is 2.32. The van der Waals surface area contributed by atoms with Crippen LogP contribution < -0.4 is 5.32 Å². The Balaban J connectivity index is 1.64. The Labute approximate surface area is 167 Å². The lowest BCUT2D eigenvalue weighted by atomic mass is 10.2. The summed E-state index contributed by atoms with van der Waals surface area (Å²) in [6, 6.07) is 3.51. The Kier molecular flexibility index (Phi) is 8.53. The fourth-order valence-corrected chi connectivity index (χ4v) is 3.78. The summed E-state index contributed by atoms with van der Waals surface area (Å²) in [4.78, 5) is 36.6. The molecule has 0 saturated carbocycles. The molecule has 9 heteroatoms. The second-order valence-electron chi connectivity index (χ2n) is 6.01. The number of hydrogen-bond donors (Lipinski definition) is 2. The maximum atomic E-state index is 12.4. The zero-order valence-corrected chi connectivity index (χ0v) is 16.4. The number of rotatable bonds is 11. The maximum absolute atomic E-state index is 12.4. The van der Waals surface area contributed by atoms with Gasteiger partial charge in [-0.2, -0.15) is 0 Å². The van der Waals surface area contributed by atoms with Gasteiger partial charge in [0.05, 0.1) is 11.2 Å². The van der Waals surface area contributed by atoms with E-state index < -0.39 is 5.97 Å². The third-order valence-electron chi connectivity index (χ3n) is 3.87. The fourth-order valence-electron chi connectivity index (χ4n) is 2.49. The molecule has 146 valence electrons. The van der Waals surface area contributed by atoms with Crippen molar-refractivity contribution in [1.29, 1.82) is 0 Å². The molecule has 0 atom stereocenters. The molecular weight excluding hydrogens is 388 g/mol. The highest BCUT2D eigenvalue weighted by molar-refractivity contribution is 8.26. The summed E-state index contributed by atoms with van der Waals surface area (Å²) in [5, 5.41) is 11.4. The van der Waals surface area contributed by atoms with Crippen LogP contribution in [0.1, 0.15) is 44.3 Å². The van der Waals surface area contributed by atoms with Crippen LogP contribution in [-0.4, -0.2) is 45.2 Å². The van der Waals surface area contributed by atoms with Gasteiger partial charge in [0.25, 0.3) is 5.91 Å². The van der Waals surface area contributed by atoms with Gasteiger partial charge >= 0.3 is 5.97 Å². The summed E-state index contributed by atoms with van der Waals surface area (Å²) < 4.78 is 5.70. The summed E-state index contributed by atoms with van der Waals surface area (Å²) in [5.74, 6) is -0.447. The first-order valence-corrected chi connectivity index (χ1v) is 9.97. The van der Waals surface area contributed by atoms with Crippen LogP contribution in [0.15, 0.2) is 27.7 Å². The third-order valence-corrected chi connectivity index (χ3v) is 5.24. The van der Waals surface area contributed by atoms with Crippen molar-refractivity contribution in [3.05, 3.63) is 29.1 Å². The van der Waals surface area contributed by atoms with Crippen molar-refractivity contribution in [3.63, 3.8) is 0 Å². The van der Waals surface area contributed by atoms with Crippen molar-refractivity contribution in [3.8, 4) is 0 Å². The molecule has 7 nitrogen and oxygen atoms in total. The van der Waals surface area contributed by atoms with E-state index in [0.29, 0.717) is 47.3 Å². The van der Waals surface area contributed by atoms with Crippen LogP contribution in [0.25, 0.3) is 6.08 Å². The lowest BCUT2D eigenvalue weighted by molar-refractivity contribution is -0.137. The van der Waals surface area contributed by atoms with Gasteiger partial charge in [-0.3, -0.25) is 19.3 Å². The molecule has 27 heavy (non-hydrogen) atoms. The van der Waals surface area contributed by atoms with Crippen molar-refractivity contribution >= 4 is 52.2 Å². The zero-order valence-electron chi connectivity index (χ0n) is 14.8. The number of amides is 2. The smallest absolute Gasteiger partial charge is 0.303 e. The van der Waals surface area contributed by atoms with Gasteiger partial charge < -0.3 is 14.8 Å². The molecule has 0 spiro atoms. The van der Waals surface area contributed by atoms with Gasteiger partial charge in [0.2, 0.25) is 5.91 Å². The summed E-state index contributed by atoms with van der Waals surface area (Å²) in [6.45, 7) is 0.928. The van der Waals surface area contributed by atoms with E-state index in [1.54, 1.807) is 18.2 Å². The van der Waals surface area contributed by atoms with E-state index in [1.807, 2.05) is 0 Å². The Morgan fingerprint density at radius 2 is 2.07 bits per heavy atom. The Hall–Kier alpha value is -2.13. The molecule has 0 radical (unpaired) electrons. The van der Waals surface area contributed by atoms with Crippen LogP contribution in [0, 0.1) is 0 Å². The van der Waals surface area contributed by atoms with Gasteiger partial charge in [-0.05, 0) is 31.4 Å². The largest absolute Gasteiger partial charge is 0.481 e. The molecule has 0 unspecified atom stereocenters. The second kappa shape index (κ2) is 10.9. The Bertz CT molecular complexity index is 715. The van der Waals surface area contributed by atoms with Crippen LogP contribution in [0.3, 0.4) is 0 Å². The van der Waals surface area contributed by atoms with Crippen LogP contribution >= 0.6 is 24.0 Å². The molecule has 1 aliphatic rings. The first-order valence-electron chi connectivity index (χ1n) is 8.74. The van der Waals surface area contributed by atoms with Crippen LogP contribution in [-0.2, 0) is 14.4 Å². The summed E-state index contributed by atoms with van der Waals surface area (Å²) >= 11 is 6.48. The number of carbonyl (C=O) groups is 3. The number of hydrogen-bond acceptors (Lipinski definition) is 6. The SMILES string of the molecule is O=C(O)CCCCCNC(=O)CCCN1C(=O)/C(=C/c2ccco2)SC1=S. The maximum Gasteiger partial charge on any atom is 0.303 e. The molecule has 1 aromatic rings. The Morgan fingerprint density at radius 1 is 1.26 bits per heavy atom. The molecule has 2 rings (SSSR count). The molecule has 2 amide bonds.